The van der Waals surface area contributed by atoms with Crippen LogP contribution in [0.25, 0.3) is 0 Å². The van der Waals surface area contributed by atoms with E-state index in [1.165, 1.54) is 7.11 Å². The number of nitrogens with zero attached hydrogens (tertiary/aromatic N) is 1. The van der Waals surface area contributed by atoms with Crippen LogP contribution in [0, 0.1) is 6.92 Å². The van der Waals surface area contributed by atoms with E-state index in [-0.39, 0.29) is 12.5 Å². The second-order valence-corrected chi connectivity index (χ2v) is 3.60. The van der Waals surface area contributed by atoms with E-state index in [1.54, 1.807) is 19.1 Å². The lowest BCUT2D eigenvalue weighted by Gasteiger charge is -2.14. The molecule has 1 rings (SSSR count). The number of hydrogen-bond donors (Lipinski definition) is 2. The molecule has 6 heteroatoms. The third-order valence-corrected chi connectivity index (χ3v) is 2.31. The first-order chi connectivity index (χ1) is 7.58. The highest BCUT2D eigenvalue weighted by molar-refractivity contribution is 6.29. The normalized spacial score (nSPS) is 12.2. The van der Waals surface area contributed by atoms with Crippen LogP contribution in [0.4, 0.5) is 5.69 Å². The van der Waals surface area contributed by atoms with Crippen molar-refractivity contribution in [2.75, 3.05) is 19.0 Å². The summed E-state index contributed by atoms with van der Waals surface area (Å²) < 4.78 is 4.91. The summed E-state index contributed by atoms with van der Waals surface area (Å²) in [6.45, 7) is 1.88. The van der Waals surface area contributed by atoms with E-state index >= 15 is 0 Å². The summed E-state index contributed by atoms with van der Waals surface area (Å²) in [7, 11) is 1.43. The summed E-state index contributed by atoms with van der Waals surface area (Å²) in [6.07, 6.45) is -0.657. The predicted molar refractivity (Wildman–Crippen MR) is 62.5 cm³/mol. The van der Waals surface area contributed by atoms with Crippen molar-refractivity contribution in [3.63, 3.8) is 0 Å². The number of ether oxygens (including phenoxy) is 1. The Balaban J connectivity index is 2.76. The fraction of sp³-hybridized carbons (Fsp3) is 0.400. The van der Waals surface area contributed by atoms with Gasteiger partial charge in [0.2, 0.25) is 0 Å². The number of anilines is 1. The van der Waals surface area contributed by atoms with Gasteiger partial charge in [-0.1, -0.05) is 11.6 Å². The van der Waals surface area contributed by atoms with Crippen LogP contribution in [-0.2, 0) is 9.53 Å². The Morgan fingerprint density at radius 3 is 2.88 bits per heavy atom. The highest BCUT2D eigenvalue weighted by atomic mass is 35.5. The number of nitrogens with two attached hydrogens (primary N) is 1. The highest BCUT2D eigenvalue weighted by Gasteiger charge is 2.16. The van der Waals surface area contributed by atoms with Gasteiger partial charge in [-0.2, -0.15) is 0 Å². The summed E-state index contributed by atoms with van der Waals surface area (Å²) in [6, 6.07) is 3.29. The molecule has 1 unspecified atom stereocenters. The Hall–Kier alpha value is -1.17. The predicted octanol–water partition coefficient (Wildman–Crippen LogP) is 0.956. The molecule has 0 spiro atoms. The molecule has 1 heterocycles. The van der Waals surface area contributed by atoms with Gasteiger partial charge in [-0.05, 0) is 19.1 Å². The van der Waals surface area contributed by atoms with Gasteiger partial charge in [-0.25, -0.2) is 4.98 Å². The zero-order valence-electron chi connectivity index (χ0n) is 9.16. The Kier molecular flexibility index (Phi) is 4.67. The maximum absolute atomic E-state index is 11.6. The van der Waals surface area contributed by atoms with Crippen LogP contribution in [0.3, 0.4) is 0 Å². The molecule has 0 aliphatic heterocycles. The van der Waals surface area contributed by atoms with E-state index in [9.17, 15) is 4.79 Å². The molecule has 0 saturated heterocycles. The number of carbonyl (C=O) groups is 1. The van der Waals surface area contributed by atoms with Crippen molar-refractivity contribution in [1.29, 1.82) is 0 Å². The van der Waals surface area contributed by atoms with Gasteiger partial charge in [-0.15, -0.1) is 0 Å². The van der Waals surface area contributed by atoms with Crippen LogP contribution in [0.1, 0.15) is 5.69 Å². The van der Waals surface area contributed by atoms with Crippen molar-refractivity contribution in [1.82, 2.24) is 4.98 Å². The molecule has 0 bridgehead atoms. The van der Waals surface area contributed by atoms with Crippen LogP contribution in [0.5, 0.6) is 0 Å². The SMILES string of the molecule is COC(CN)C(=O)Nc1ccc(Cl)nc1C. The number of nitrogens with one attached hydrogen (secondary N) is 1. The molecule has 0 saturated carbocycles. The molecule has 0 aliphatic carbocycles. The average Bonchev–Trinajstić information content (AvgIpc) is 2.24. The largest absolute Gasteiger partial charge is 0.370 e. The van der Waals surface area contributed by atoms with Crippen LogP contribution in [0.2, 0.25) is 5.15 Å². The second kappa shape index (κ2) is 5.79. The first-order valence-corrected chi connectivity index (χ1v) is 5.13. The molecule has 1 amide bonds. The maximum Gasteiger partial charge on any atom is 0.254 e. The number of pyridine rings is 1. The van der Waals surface area contributed by atoms with Gasteiger partial charge in [0.1, 0.15) is 11.3 Å². The fourth-order valence-corrected chi connectivity index (χ4v) is 1.38. The number of halogens is 1. The summed E-state index contributed by atoms with van der Waals surface area (Å²) in [4.78, 5) is 15.7. The van der Waals surface area contributed by atoms with Gasteiger partial charge in [0.15, 0.2) is 0 Å². The number of rotatable bonds is 4. The second-order valence-electron chi connectivity index (χ2n) is 3.22. The fourth-order valence-electron chi connectivity index (χ4n) is 1.19. The quantitative estimate of drug-likeness (QED) is 0.772. The Morgan fingerprint density at radius 1 is 1.69 bits per heavy atom. The lowest BCUT2D eigenvalue weighted by atomic mass is 10.2. The highest BCUT2D eigenvalue weighted by Crippen LogP contribution is 2.15. The van der Waals surface area contributed by atoms with Crippen LogP contribution in [0.15, 0.2) is 12.1 Å². The molecule has 16 heavy (non-hydrogen) atoms. The minimum Gasteiger partial charge on any atom is -0.370 e. The third-order valence-electron chi connectivity index (χ3n) is 2.10. The maximum atomic E-state index is 11.6. The molecule has 1 atom stereocenters. The number of methoxy groups -OCH3 is 1. The lowest BCUT2D eigenvalue weighted by Crippen LogP contribution is -2.36. The topological polar surface area (TPSA) is 77.2 Å². The molecule has 0 aliphatic rings. The van der Waals surface area contributed by atoms with Crippen molar-refractivity contribution in [3.05, 3.63) is 23.0 Å². The zero-order valence-corrected chi connectivity index (χ0v) is 9.91. The molecule has 1 aromatic heterocycles. The molecular weight excluding hydrogens is 230 g/mol. The van der Waals surface area contributed by atoms with Gasteiger partial charge >= 0.3 is 0 Å². The minimum atomic E-state index is -0.657. The summed E-state index contributed by atoms with van der Waals surface area (Å²) in [5, 5.41) is 3.06. The van der Waals surface area contributed by atoms with E-state index in [4.69, 9.17) is 22.1 Å². The number of aromatic nitrogens is 1. The van der Waals surface area contributed by atoms with Crippen LogP contribution in [-0.4, -0.2) is 30.6 Å². The first kappa shape index (κ1) is 12.9. The number of amides is 1. The Labute approximate surface area is 98.9 Å². The standard InChI is InChI=1S/C10H14ClN3O2/c1-6-7(3-4-9(11)13-6)14-10(15)8(5-12)16-2/h3-4,8H,5,12H2,1-2H3,(H,14,15). The van der Waals surface area contributed by atoms with Crippen molar-refractivity contribution in [2.24, 2.45) is 5.73 Å². The van der Waals surface area contributed by atoms with E-state index < -0.39 is 6.10 Å². The molecule has 1 aromatic rings. The van der Waals surface area contributed by atoms with Gasteiger partial charge < -0.3 is 15.8 Å². The monoisotopic (exact) mass is 243 g/mol. The summed E-state index contributed by atoms with van der Waals surface area (Å²) in [5.41, 5.74) is 6.63. The van der Waals surface area contributed by atoms with Crippen molar-refractivity contribution in [2.45, 2.75) is 13.0 Å². The molecule has 0 fully saturated rings. The van der Waals surface area contributed by atoms with Crippen molar-refractivity contribution < 1.29 is 9.53 Å². The number of carbonyl (C=O) groups excluding carboxylic acids is 1. The smallest absolute Gasteiger partial charge is 0.254 e. The molecule has 3 N–H and O–H groups in total. The molecule has 5 nitrogen and oxygen atoms in total. The lowest BCUT2D eigenvalue weighted by molar-refractivity contribution is -0.125. The van der Waals surface area contributed by atoms with Crippen molar-refractivity contribution >= 4 is 23.2 Å². The zero-order chi connectivity index (χ0) is 12.1. The number of hydrogen-bond acceptors (Lipinski definition) is 4. The van der Waals surface area contributed by atoms with E-state index in [2.05, 4.69) is 10.3 Å². The third kappa shape index (κ3) is 3.16. The van der Waals surface area contributed by atoms with E-state index in [1.807, 2.05) is 0 Å². The summed E-state index contributed by atoms with van der Waals surface area (Å²) in [5.74, 6) is -0.294. The van der Waals surface area contributed by atoms with Crippen LogP contribution < -0.4 is 11.1 Å². The molecular formula is C10H14ClN3O2. The van der Waals surface area contributed by atoms with Crippen molar-refractivity contribution in [3.8, 4) is 0 Å². The average molecular weight is 244 g/mol. The summed E-state index contributed by atoms with van der Waals surface area (Å²) >= 11 is 5.70. The van der Waals surface area contributed by atoms with E-state index in [0.29, 0.717) is 16.5 Å². The van der Waals surface area contributed by atoms with Crippen LogP contribution >= 0.6 is 11.6 Å². The first-order valence-electron chi connectivity index (χ1n) is 4.75. The van der Waals surface area contributed by atoms with Gasteiger partial charge in [0.05, 0.1) is 11.4 Å². The van der Waals surface area contributed by atoms with Gasteiger partial charge in [0, 0.05) is 13.7 Å². The van der Waals surface area contributed by atoms with E-state index in [0.717, 1.165) is 0 Å². The van der Waals surface area contributed by atoms with Gasteiger partial charge in [-0.3, -0.25) is 4.79 Å². The minimum absolute atomic E-state index is 0.127. The Bertz CT molecular complexity index is 380. The van der Waals surface area contributed by atoms with Gasteiger partial charge in [0.25, 0.3) is 5.91 Å². The molecule has 0 radical (unpaired) electrons. The number of aryl methyl sites for hydroxylation is 1. The molecule has 88 valence electrons. The molecule has 0 aromatic carbocycles. The Morgan fingerprint density at radius 2 is 2.38 bits per heavy atom.